The van der Waals surface area contributed by atoms with Crippen molar-refractivity contribution in [2.75, 3.05) is 5.32 Å². The smallest absolute Gasteiger partial charge is 0.406 e. The molecule has 0 spiro atoms. The van der Waals surface area contributed by atoms with Crippen LogP contribution >= 0.6 is 0 Å². The molecule has 0 saturated carbocycles. The molecule has 0 saturated heterocycles. The Balaban J connectivity index is 1.98. The topological polar surface area (TPSA) is 38.3 Å². The Hall–Kier alpha value is -2.83. The van der Waals surface area contributed by atoms with Crippen LogP contribution in [0.2, 0.25) is 0 Å². The van der Waals surface area contributed by atoms with E-state index in [1.165, 1.54) is 36.4 Å². The van der Waals surface area contributed by atoms with Gasteiger partial charge in [0.1, 0.15) is 11.6 Å². The highest BCUT2D eigenvalue weighted by molar-refractivity contribution is 6.34. The van der Waals surface area contributed by atoms with E-state index in [0.717, 1.165) is 12.1 Å². The zero-order valence-corrected chi connectivity index (χ0v) is 11.4. The number of carbonyl (C=O) groups is 1. The summed E-state index contributed by atoms with van der Waals surface area (Å²) in [6.45, 7) is 0. The highest BCUT2D eigenvalue weighted by Gasteiger charge is 2.31. The van der Waals surface area contributed by atoms with Gasteiger partial charge in [-0.05, 0) is 42.0 Å². The van der Waals surface area contributed by atoms with Crippen LogP contribution in [-0.4, -0.2) is 12.3 Å². The second kappa shape index (κ2) is 5.42. The van der Waals surface area contributed by atoms with E-state index in [-0.39, 0.29) is 5.57 Å². The van der Waals surface area contributed by atoms with Gasteiger partial charge in [-0.15, -0.1) is 13.2 Å². The molecule has 1 aliphatic heterocycles. The summed E-state index contributed by atoms with van der Waals surface area (Å²) in [4.78, 5) is 11.9. The lowest BCUT2D eigenvalue weighted by molar-refractivity contribution is -0.274. The molecule has 0 unspecified atom stereocenters. The summed E-state index contributed by atoms with van der Waals surface area (Å²) in [6, 6.07) is 9.00. The summed E-state index contributed by atoms with van der Waals surface area (Å²) in [5, 5.41) is 2.56. The van der Waals surface area contributed by atoms with Crippen molar-refractivity contribution < 1.29 is 27.1 Å². The van der Waals surface area contributed by atoms with Crippen LogP contribution in [0.3, 0.4) is 0 Å². The van der Waals surface area contributed by atoms with Crippen molar-refractivity contribution in [3.05, 3.63) is 59.4 Å². The van der Waals surface area contributed by atoms with Crippen molar-refractivity contribution in [2.45, 2.75) is 6.36 Å². The summed E-state index contributed by atoms with van der Waals surface area (Å²) in [7, 11) is 0. The van der Waals surface area contributed by atoms with Crippen LogP contribution in [0.25, 0.3) is 11.6 Å². The summed E-state index contributed by atoms with van der Waals surface area (Å²) in [5.41, 5.74) is 1.31. The number of hydrogen-bond acceptors (Lipinski definition) is 2. The lowest BCUT2D eigenvalue weighted by atomic mass is 10.0. The third kappa shape index (κ3) is 3.33. The predicted octanol–water partition coefficient (Wildman–Crippen LogP) is 4.22. The fraction of sp³-hybridized carbons (Fsp3) is 0.0625. The maximum atomic E-state index is 13.3. The highest BCUT2D eigenvalue weighted by Crippen LogP contribution is 2.34. The van der Waals surface area contributed by atoms with Gasteiger partial charge in [0.05, 0.1) is 0 Å². The number of hydrogen-bond donors (Lipinski definition) is 1. The first-order valence-corrected chi connectivity index (χ1v) is 6.51. The normalized spacial score (nSPS) is 15.5. The maximum absolute atomic E-state index is 13.3. The lowest BCUT2D eigenvalue weighted by Crippen LogP contribution is -2.17. The summed E-state index contributed by atoms with van der Waals surface area (Å²) < 4.78 is 53.9. The van der Waals surface area contributed by atoms with E-state index >= 15 is 0 Å². The minimum atomic E-state index is -4.80. The molecule has 23 heavy (non-hydrogen) atoms. The summed E-state index contributed by atoms with van der Waals surface area (Å²) in [5.74, 6) is -1.36. The van der Waals surface area contributed by atoms with Crippen molar-refractivity contribution in [2.24, 2.45) is 0 Å². The second-order valence-electron chi connectivity index (χ2n) is 4.82. The van der Waals surface area contributed by atoms with Gasteiger partial charge in [0.15, 0.2) is 0 Å². The Morgan fingerprint density at radius 3 is 2.61 bits per heavy atom. The molecule has 0 aromatic heterocycles. The standard InChI is InChI=1S/C16H9F4NO2/c17-10-4-5-14-12(8-10)13(15(22)21-14)7-9-2-1-3-11(6-9)23-16(18,19)20/h1-8H,(H,21,22). The lowest BCUT2D eigenvalue weighted by Gasteiger charge is -2.09. The number of ether oxygens (including phenoxy) is 1. The fourth-order valence-corrected chi connectivity index (χ4v) is 2.27. The van der Waals surface area contributed by atoms with Gasteiger partial charge in [-0.25, -0.2) is 4.39 Å². The van der Waals surface area contributed by atoms with Crippen LogP contribution < -0.4 is 10.1 Å². The zero-order valence-electron chi connectivity index (χ0n) is 11.4. The minimum Gasteiger partial charge on any atom is -0.406 e. The molecule has 3 rings (SSSR count). The Morgan fingerprint density at radius 2 is 1.87 bits per heavy atom. The number of nitrogens with one attached hydrogen (secondary N) is 1. The van der Waals surface area contributed by atoms with E-state index in [4.69, 9.17) is 0 Å². The summed E-state index contributed by atoms with van der Waals surface area (Å²) >= 11 is 0. The van der Waals surface area contributed by atoms with Crippen LogP contribution in [0.5, 0.6) is 5.75 Å². The van der Waals surface area contributed by atoms with Crippen molar-refractivity contribution >= 4 is 23.2 Å². The first-order valence-electron chi connectivity index (χ1n) is 6.51. The molecule has 1 aliphatic rings. The number of fused-ring (bicyclic) bond motifs is 1. The van der Waals surface area contributed by atoms with Crippen LogP contribution in [0.4, 0.5) is 23.2 Å². The van der Waals surface area contributed by atoms with Crippen LogP contribution in [-0.2, 0) is 4.79 Å². The molecule has 0 radical (unpaired) electrons. The van der Waals surface area contributed by atoms with Crippen molar-refractivity contribution in [1.82, 2.24) is 0 Å². The van der Waals surface area contributed by atoms with Gasteiger partial charge in [-0.2, -0.15) is 0 Å². The molecule has 1 N–H and O–H groups in total. The molecule has 1 heterocycles. The molecule has 0 fully saturated rings. The molecular weight excluding hydrogens is 314 g/mol. The molecular formula is C16H9F4NO2. The highest BCUT2D eigenvalue weighted by atomic mass is 19.4. The van der Waals surface area contributed by atoms with Gasteiger partial charge in [0.2, 0.25) is 0 Å². The van der Waals surface area contributed by atoms with Gasteiger partial charge in [-0.3, -0.25) is 4.79 Å². The Kier molecular flexibility index (Phi) is 3.55. The maximum Gasteiger partial charge on any atom is 0.573 e. The van der Waals surface area contributed by atoms with Crippen LogP contribution in [0.15, 0.2) is 42.5 Å². The van der Waals surface area contributed by atoms with Gasteiger partial charge in [-0.1, -0.05) is 12.1 Å². The van der Waals surface area contributed by atoms with E-state index in [1.807, 2.05) is 0 Å². The number of rotatable bonds is 2. The number of alkyl halides is 3. The number of carbonyl (C=O) groups excluding carboxylic acids is 1. The van der Waals surface area contributed by atoms with Gasteiger partial charge in [0.25, 0.3) is 5.91 Å². The fourth-order valence-electron chi connectivity index (χ4n) is 2.27. The van der Waals surface area contributed by atoms with Gasteiger partial charge >= 0.3 is 6.36 Å². The molecule has 1 amide bonds. The van der Waals surface area contributed by atoms with Crippen molar-refractivity contribution in [3.63, 3.8) is 0 Å². The molecule has 0 atom stereocenters. The Morgan fingerprint density at radius 1 is 1.09 bits per heavy atom. The predicted molar refractivity (Wildman–Crippen MR) is 76.0 cm³/mol. The average Bonchev–Trinajstić information content (AvgIpc) is 2.74. The Bertz CT molecular complexity index is 812. The zero-order chi connectivity index (χ0) is 16.6. The summed E-state index contributed by atoms with van der Waals surface area (Å²) in [6.07, 6.45) is -3.42. The third-order valence-electron chi connectivity index (χ3n) is 3.17. The molecule has 2 aromatic carbocycles. The third-order valence-corrected chi connectivity index (χ3v) is 3.17. The monoisotopic (exact) mass is 323 g/mol. The molecule has 7 heteroatoms. The Labute approximate surface area is 128 Å². The number of halogens is 4. The van der Waals surface area contributed by atoms with E-state index in [2.05, 4.69) is 10.1 Å². The first kappa shape index (κ1) is 15.1. The van der Waals surface area contributed by atoms with Gasteiger partial charge in [0, 0.05) is 16.8 Å². The van der Waals surface area contributed by atoms with Crippen LogP contribution in [0, 0.1) is 5.82 Å². The number of anilines is 1. The first-order chi connectivity index (χ1) is 10.8. The van der Waals surface area contributed by atoms with E-state index < -0.39 is 23.8 Å². The SMILES string of the molecule is O=C1Nc2ccc(F)cc2C1=Cc1cccc(OC(F)(F)F)c1. The van der Waals surface area contributed by atoms with E-state index in [0.29, 0.717) is 16.8 Å². The molecule has 118 valence electrons. The quantitative estimate of drug-likeness (QED) is 0.664. The average molecular weight is 323 g/mol. The van der Waals surface area contributed by atoms with Gasteiger partial charge < -0.3 is 10.1 Å². The second-order valence-corrected chi connectivity index (χ2v) is 4.82. The molecule has 0 bridgehead atoms. The van der Waals surface area contributed by atoms with E-state index in [9.17, 15) is 22.4 Å². The van der Waals surface area contributed by atoms with Crippen molar-refractivity contribution in [3.8, 4) is 5.75 Å². The molecule has 2 aromatic rings. The molecule has 0 aliphatic carbocycles. The molecule has 3 nitrogen and oxygen atoms in total. The number of amides is 1. The minimum absolute atomic E-state index is 0.170. The van der Waals surface area contributed by atoms with Crippen molar-refractivity contribution in [1.29, 1.82) is 0 Å². The number of benzene rings is 2. The van der Waals surface area contributed by atoms with Crippen LogP contribution in [0.1, 0.15) is 11.1 Å². The largest absolute Gasteiger partial charge is 0.573 e. The van der Waals surface area contributed by atoms with E-state index in [1.54, 1.807) is 0 Å².